The zero-order valence-corrected chi connectivity index (χ0v) is 23.0. The highest BCUT2D eigenvalue weighted by Crippen LogP contribution is 2.39. The fraction of sp³-hybridized carbons (Fsp3) is 0.960. The predicted molar refractivity (Wildman–Crippen MR) is 135 cm³/mol. The molecule has 11 heteroatoms. The van der Waals surface area contributed by atoms with Crippen molar-refractivity contribution in [2.45, 2.75) is 127 Å². The summed E-state index contributed by atoms with van der Waals surface area (Å²) in [5.41, 5.74) is 0. The molecule has 0 saturated carbocycles. The molecule has 2 N–H and O–H groups in total. The number of rotatable bonds is 14. The van der Waals surface area contributed by atoms with Gasteiger partial charge in [0.2, 0.25) is 10.0 Å². The highest BCUT2D eigenvalue weighted by Gasteiger charge is 2.55. The minimum atomic E-state index is -3.81. The number of nitrogens with one attached hydrogen (secondary N) is 2. The van der Waals surface area contributed by atoms with Crippen molar-refractivity contribution in [3.63, 3.8) is 0 Å². The molecule has 3 rings (SSSR count). The Kier molecular flexibility index (Phi) is 11.7. The molecule has 0 aromatic carbocycles. The molecule has 0 aromatic rings. The maximum absolute atomic E-state index is 12.6. The Bertz CT molecular complexity index is 770. The molecule has 0 bridgehead atoms. The lowest BCUT2D eigenvalue weighted by atomic mass is 10.1. The van der Waals surface area contributed by atoms with Crippen molar-refractivity contribution >= 4 is 16.1 Å². The van der Waals surface area contributed by atoms with Crippen LogP contribution in [0.1, 0.15) is 91.4 Å². The van der Waals surface area contributed by atoms with E-state index in [9.17, 15) is 13.2 Å². The van der Waals surface area contributed by atoms with Gasteiger partial charge >= 0.3 is 6.09 Å². The molecule has 36 heavy (non-hydrogen) atoms. The minimum absolute atomic E-state index is 0.157. The molecule has 3 heterocycles. The predicted octanol–water partition coefficient (Wildman–Crippen LogP) is 3.59. The summed E-state index contributed by atoms with van der Waals surface area (Å²) in [5, 5.41) is 2.55. The van der Waals surface area contributed by atoms with E-state index in [1.165, 1.54) is 38.5 Å². The van der Waals surface area contributed by atoms with Gasteiger partial charge in [-0.25, -0.2) is 17.9 Å². The van der Waals surface area contributed by atoms with Crippen molar-refractivity contribution < 1.29 is 36.9 Å². The highest BCUT2D eigenvalue weighted by atomic mass is 32.2. The maximum atomic E-state index is 12.6. The van der Waals surface area contributed by atoms with Crippen LogP contribution in [-0.2, 0) is 33.7 Å². The SMILES string of the molecule is CCCCCCCCCCO[C@@H]1[C@H]2OC(C)(C)O[C@H]2O[C@@H]1COC(=O)NS(=O)(=O)C1CCCNCC1. The lowest BCUT2D eigenvalue weighted by molar-refractivity contribution is -0.221. The van der Waals surface area contributed by atoms with Gasteiger partial charge in [0.1, 0.15) is 24.9 Å². The van der Waals surface area contributed by atoms with Crippen LogP contribution in [0, 0.1) is 0 Å². The number of carbonyl (C=O) groups excluding carboxylic acids is 1. The first-order valence-corrected chi connectivity index (χ1v) is 15.3. The Morgan fingerprint density at radius 1 is 1.03 bits per heavy atom. The van der Waals surface area contributed by atoms with E-state index in [4.69, 9.17) is 23.7 Å². The van der Waals surface area contributed by atoms with E-state index in [2.05, 4.69) is 17.0 Å². The molecule has 210 valence electrons. The number of ether oxygens (including phenoxy) is 5. The minimum Gasteiger partial charge on any atom is -0.446 e. The average molecular weight is 535 g/mol. The smallest absolute Gasteiger partial charge is 0.420 e. The van der Waals surface area contributed by atoms with Gasteiger partial charge in [0.25, 0.3) is 0 Å². The van der Waals surface area contributed by atoms with Crippen LogP contribution in [0.4, 0.5) is 4.79 Å². The quantitative estimate of drug-likeness (QED) is 0.322. The average Bonchev–Trinajstić information content (AvgIpc) is 3.12. The lowest BCUT2D eigenvalue weighted by Gasteiger charge is -2.26. The second-order valence-corrected chi connectivity index (χ2v) is 12.5. The van der Waals surface area contributed by atoms with Crippen LogP contribution in [0.25, 0.3) is 0 Å². The van der Waals surface area contributed by atoms with Crippen LogP contribution in [0.3, 0.4) is 0 Å². The van der Waals surface area contributed by atoms with Gasteiger partial charge in [-0.3, -0.25) is 0 Å². The van der Waals surface area contributed by atoms with E-state index in [0.29, 0.717) is 26.0 Å². The second kappa shape index (κ2) is 14.2. The van der Waals surface area contributed by atoms with Gasteiger partial charge in [-0.1, -0.05) is 51.9 Å². The fourth-order valence-electron chi connectivity index (χ4n) is 5.02. The molecule has 3 saturated heterocycles. The Morgan fingerprint density at radius 3 is 2.50 bits per heavy atom. The van der Waals surface area contributed by atoms with Crippen LogP contribution in [0.2, 0.25) is 0 Å². The molecule has 0 radical (unpaired) electrons. The first-order valence-electron chi connectivity index (χ1n) is 13.7. The summed E-state index contributed by atoms with van der Waals surface area (Å²) in [6.45, 7) is 7.62. The van der Waals surface area contributed by atoms with E-state index in [1.54, 1.807) is 0 Å². The largest absolute Gasteiger partial charge is 0.446 e. The first kappa shape index (κ1) is 29.6. The van der Waals surface area contributed by atoms with E-state index in [-0.39, 0.29) is 6.61 Å². The van der Waals surface area contributed by atoms with Crippen LogP contribution in [-0.4, -0.2) is 76.5 Å². The number of sulfonamides is 1. The van der Waals surface area contributed by atoms with Gasteiger partial charge in [-0.05, 0) is 52.6 Å². The summed E-state index contributed by atoms with van der Waals surface area (Å²) >= 11 is 0. The molecule has 3 fully saturated rings. The van der Waals surface area contributed by atoms with Crippen LogP contribution in [0.15, 0.2) is 0 Å². The zero-order chi connectivity index (χ0) is 26.0. The molecule has 5 atom stereocenters. The fourth-order valence-corrected chi connectivity index (χ4v) is 6.39. The van der Waals surface area contributed by atoms with Crippen molar-refractivity contribution in [1.29, 1.82) is 0 Å². The lowest BCUT2D eigenvalue weighted by Crippen LogP contribution is -2.42. The Hall–Kier alpha value is -0.980. The van der Waals surface area contributed by atoms with Gasteiger partial charge in [0.05, 0.1) is 5.25 Å². The molecule has 0 aromatic heterocycles. The van der Waals surface area contributed by atoms with Crippen molar-refractivity contribution in [2.75, 3.05) is 26.3 Å². The molecule has 1 amide bonds. The van der Waals surface area contributed by atoms with E-state index >= 15 is 0 Å². The monoisotopic (exact) mass is 534 g/mol. The molecular weight excluding hydrogens is 488 g/mol. The van der Waals surface area contributed by atoms with Crippen LogP contribution in [0.5, 0.6) is 0 Å². The third kappa shape index (κ3) is 9.09. The van der Waals surface area contributed by atoms with Gasteiger partial charge in [-0.15, -0.1) is 0 Å². The Balaban J connectivity index is 1.44. The molecule has 1 unspecified atom stereocenters. The van der Waals surface area contributed by atoms with Crippen molar-refractivity contribution in [3.05, 3.63) is 0 Å². The van der Waals surface area contributed by atoms with Gasteiger partial charge < -0.3 is 29.0 Å². The first-order chi connectivity index (χ1) is 17.2. The third-order valence-electron chi connectivity index (χ3n) is 6.96. The summed E-state index contributed by atoms with van der Waals surface area (Å²) in [5.74, 6) is -0.791. The van der Waals surface area contributed by atoms with Gasteiger partial charge in [0, 0.05) is 6.61 Å². The molecule has 10 nitrogen and oxygen atoms in total. The van der Waals surface area contributed by atoms with Crippen LogP contribution < -0.4 is 10.0 Å². The molecule has 0 aliphatic carbocycles. The summed E-state index contributed by atoms with van der Waals surface area (Å²) in [7, 11) is -3.81. The van der Waals surface area contributed by atoms with Crippen molar-refractivity contribution in [2.24, 2.45) is 0 Å². The summed E-state index contributed by atoms with van der Waals surface area (Å²) in [6, 6.07) is 0. The summed E-state index contributed by atoms with van der Waals surface area (Å²) in [4.78, 5) is 12.3. The second-order valence-electron chi connectivity index (χ2n) is 10.5. The van der Waals surface area contributed by atoms with Crippen molar-refractivity contribution in [3.8, 4) is 0 Å². The number of carbonyl (C=O) groups is 1. The molecule has 3 aliphatic rings. The standard InChI is InChI=1S/C25H46N2O8S/c1-4-5-6-7-8-9-10-11-17-31-21-20(33-23-22(21)34-25(2,3)35-23)18-32-24(28)27-36(29,30)19-13-12-15-26-16-14-19/h19-23,26H,4-18H2,1-3H3,(H,27,28)/t19?,20-,21+,22-,23-/m1/s1. The number of amides is 1. The topological polar surface area (TPSA) is 121 Å². The Morgan fingerprint density at radius 2 is 1.75 bits per heavy atom. The maximum Gasteiger partial charge on any atom is 0.420 e. The number of hydrogen-bond acceptors (Lipinski definition) is 9. The number of hydrogen-bond donors (Lipinski definition) is 2. The summed E-state index contributed by atoms with van der Waals surface area (Å²) in [6.07, 6.45) is 8.14. The van der Waals surface area contributed by atoms with E-state index in [1.807, 2.05) is 13.8 Å². The molecule has 0 spiro atoms. The van der Waals surface area contributed by atoms with Gasteiger partial charge in [0.15, 0.2) is 12.1 Å². The number of fused-ring (bicyclic) bond motifs is 1. The van der Waals surface area contributed by atoms with Crippen molar-refractivity contribution in [1.82, 2.24) is 10.0 Å². The molecule has 3 aliphatic heterocycles. The zero-order valence-electron chi connectivity index (χ0n) is 22.2. The highest BCUT2D eigenvalue weighted by molar-refractivity contribution is 7.90. The van der Waals surface area contributed by atoms with E-state index in [0.717, 1.165) is 25.8 Å². The summed E-state index contributed by atoms with van der Waals surface area (Å²) < 4.78 is 56.4. The Labute approximate surface area is 216 Å². The molecular formula is C25H46N2O8S. The normalized spacial score (nSPS) is 30.0. The van der Waals surface area contributed by atoms with E-state index < -0.39 is 51.8 Å². The number of unbranched alkanes of at least 4 members (excludes halogenated alkanes) is 7. The third-order valence-corrected chi connectivity index (χ3v) is 8.76. The van der Waals surface area contributed by atoms with Crippen LogP contribution >= 0.6 is 0 Å². The van der Waals surface area contributed by atoms with Gasteiger partial charge in [-0.2, -0.15) is 0 Å².